The summed E-state index contributed by atoms with van der Waals surface area (Å²) < 4.78 is 5.31. The molecule has 0 saturated carbocycles. The van der Waals surface area contributed by atoms with Crippen molar-refractivity contribution >= 4 is 11.7 Å². The van der Waals surface area contributed by atoms with Crippen LogP contribution in [0.1, 0.15) is 31.4 Å². The van der Waals surface area contributed by atoms with E-state index in [1.807, 2.05) is 31.3 Å². The quantitative estimate of drug-likeness (QED) is 0.781. The fourth-order valence-corrected chi connectivity index (χ4v) is 2.42. The number of urea groups is 1. The first-order valence-electron chi connectivity index (χ1n) is 7.59. The number of hydrogen-bond acceptors (Lipinski definition) is 3. The van der Waals surface area contributed by atoms with Crippen molar-refractivity contribution in [2.24, 2.45) is 5.92 Å². The van der Waals surface area contributed by atoms with Crippen molar-refractivity contribution in [3.63, 3.8) is 0 Å². The standard InChI is InChI=1S/C16H25N3O2/c1-12(17-2)14-4-3-5-15(10-14)19-16(20)18-11-13-6-8-21-9-7-13/h3-5,10,12-13,17H,6-9,11H2,1-2H3,(H2,18,19,20). The molecule has 2 rings (SSSR count). The number of carbonyl (C=O) groups excluding carboxylic acids is 1. The maximum atomic E-state index is 11.9. The highest BCUT2D eigenvalue weighted by Crippen LogP contribution is 2.17. The van der Waals surface area contributed by atoms with Crippen LogP contribution in [0, 0.1) is 5.92 Å². The summed E-state index contributed by atoms with van der Waals surface area (Å²) in [7, 11) is 1.92. The number of nitrogens with one attached hydrogen (secondary N) is 3. The van der Waals surface area contributed by atoms with E-state index in [9.17, 15) is 4.79 Å². The molecule has 0 bridgehead atoms. The average Bonchev–Trinajstić information content (AvgIpc) is 2.53. The van der Waals surface area contributed by atoms with Crippen LogP contribution in [0.3, 0.4) is 0 Å². The Morgan fingerprint density at radius 2 is 2.14 bits per heavy atom. The van der Waals surface area contributed by atoms with E-state index < -0.39 is 0 Å². The molecule has 1 aliphatic heterocycles. The molecule has 1 atom stereocenters. The number of benzene rings is 1. The van der Waals surface area contributed by atoms with Gasteiger partial charge in [0.1, 0.15) is 0 Å². The molecule has 0 spiro atoms. The zero-order chi connectivity index (χ0) is 15.1. The van der Waals surface area contributed by atoms with Gasteiger partial charge in [-0.05, 0) is 50.4 Å². The lowest BCUT2D eigenvalue weighted by Crippen LogP contribution is -2.35. The molecule has 1 aromatic rings. The van der Waals surface area contributed by atoms with Gasteiger partial charge in [-0.3, -0.25) is 0 Å². The number of rotatable bonds is 5. The van der Waals surface area contributed by atoms with Gasteiger partial charge in [-0.15, -0.1) is 0 Å². The summed E-state index contributed by atoms with van der Waals surface area (Å²) in [6, 6.07) is 8.02. The van der Waals surface area contributed by atoms with Gasteiger partial charge in [0.2, 0.25) is 0 Å². The van der Waals surface area contributed by atoms with Crippen molar-refractivity contribution in [2.75, 3.05) is 32.1 Å². The Hall–Kier alpha value is -1.59. The van der Waals surface area contributed by atoms with Crippen molar-refractivity contribution in [2.45, 2.75) is 25.8 Å². The predicted molar refractivity (Wildman–Crippen MR) is 84.5 cm³/mol. The first-order valence-corrected chi connectivity index (χ1v) is 7.59. The third kappa shape index (κ3) is 5.02. The molecule has 1 unspecified atom stereocenters. The third-order valence-electron chi connectivity index (χ3n) is 3.97. The van der Waals surface area contributed by atoms with Gasteiger partial charge in [-0.1, -0.05) is 12.1 Å². The molecule has 21 heavy (non-hydrogen) atoms. The number of ether oxygens (including phenoxy) is 1. The first-order chi connectivity index (χ1) is 10.2. The SMILES string of the molecule is CNC(C)c1cccc(NC(=O)NCC2CCOCC2)c1. The second kappa shape index (κ2) is 8.00. The van der Waals surface area contributed by atoms with Gasteiger partial charge in [-0.25, -0.2) is 4.79 Å². The molecule has 0 aliphatic carbocycles. The van der Waals surface area contributed by atoms with Gasteiger partial charge in [0, 0.05) is 31.5 Å². The molecule has 1 fully saturated rings. The fourth-order valence-electron chi connectivity index (χ4n) is 2.42. The lowest BCUT2D eigenvalue weighted by Gasteiger charge is -2.22. The van der Waals surface area contributed by atoms with Crippen LogP contribution in [0.15, 0.2) is 24.3 Å². The number of hydrogen-bond donors (Lipinski definition) is 3. The minimum atomic E-state index is -0.143. The van der Waals surface area contributed by atoms with E-state index in [1.54, 1.807) is 0 Å². The molecule has 5 nitrogen and oxygen atoms in total. The van der Waals surface area contributed by atoms with Crippen LogP contribution in [0.2, 0.25) is 0 Å². The van der Waals surface area contributed by atoms with E-state index in [0.29, 0.717) is 12.5 Å². The predicted octanol–water partition coefficient (Wildman–Crippen LogP) is 2.52. The van der Waals surface area contributed by atoms with E-state index in [0.717, 1.165) is 37.3 Å². The minimum Gasteiger partial charge on any atom is -0.381 e. The van der Waals surface area contributed by atoms with Crippen molar-refractivity contribution < 1.29 is 9.53 Å². The fraction of sp³-hybridized carbons (Fsp3) is 0.562. The maximum Gasteiger partial charge on any atom is 0.319 e. The average molecular weight is 291 g/mol. The summed E-state index contributed by atoms with van der Waals surface area (Å²) in [4.78, 5) is 11.9. The topological polar surface area (TPSA) is 62.4 Å². The van der Waals surface area contributed by atoms with Gasteiger partial charge in [0.15, 0.2) is 0 Å². The Balaban J connectivity index is 1.81. The van der Waals surface area contributed by atoms with Gasteiger partial charge >= 0.3 is 6.03 Å². The molecular weight excluding hydrogens is 266 g/mol. The maximum absolute atomic E-state index is 11.9. The van der Waals surface area contributed by atoms with Gasteiger partial charge in [0.05, 0.1) is 0 Å². The largest absolute Gasteiger partial charge is 0.381 e. The zero-order valence-electron chi connectivity index (χ0n) is 12.8. The third-order valence-corrected chi connectivity index (χ3v) is 3.97. The molecular formula is C16H25N3O2. The summed E-state index contributed by atoms with van der Waals surface area (Å²) >= 11 is 0. The number of carbonyl (C=O) groups is 1. The molecule has 1 saturated heterocycles. The highest BCUT2D eigenvalue weighted by Gasteiger charge is 2.14. The Morgan fingerprint density at radius 1 is 1.38 bits per heavy atom. The normalized spacial score (nSPS) is 17.2. The van der Waals surface area contributed by atoms with Crippen molar-refractivity contribution in [3.05, 3.63) is 29.8 Å². The Kier molecular flexibility index (Phi) is 6.02. The van der Waals surface area contributed by atoms with Crippen LogP contribution >= 0.6 is 0 Å². The molecule has 116 valence electrons. The molecule has 0 radical (unpaired) electrons. The van der Waals surface area contributed by atoms with E-state index in [2.05, 4.69) is 22.9 Å². The van der Waals surface area contributed by atoms with Crippen LogP contribution in [0.4, 0.5) is 10.5 Å². The van der Waals surface area contributed by atoms with Crippen LogP contribution in [-0.2, 0) is 4.74 Å². The molecule has 1 aromatic carbocycles. The summed E-state index contributed by atoms with van der Waals surface area (Å²) in [5.74, 6) is 0.528. The van der Waals surface area contributed by atoms with Crippen molar-refractivity contribution in [1.29, 1.82) is 0 Å². The van der Waals surface area contributed by atoms with Crippen LogP contribution in [-0.4, -0.2) is 32.8 Å². The summed E-state index contributed by atoms with van der Waals surface area (Å²) in [6.45, 7) is 4.40. The molecule has 1 aliphatic rings. The lowest BCUT2D eigenvalue weighted by atomic mass is 10.0. The van der Waals surface area contributed by atoms with Gasteiger partial charge in [-0.2, -0.15) is 0 Å². The van der Waals surface area contributed by atoms with Crippen LogP contribution in [0.5, 0.6) is 0 Å². The van der Waals surface area contributed by atoms with Gasteiger partial charge < -0.3 is 20.7 Å². The molecule has 5 heteroatoms. The summed E-state index contributed by atoms with van der Waals surface area (Å²) in [5.41, 5.74) is 1.97. The Bertz CT molecular complexity index is 459. The Morgan fingerprint density at radius 3 is 2.86 bits per heavy atom. The second-order valence-electron chi connectivity index (χ2n) is 5.53. The highest BCUT2D eigenvalue weighted by molar-refractivity contribution is 5.89. The Labute approximate surface area is 126 Å². The van der Waals surface area contributed by atoms with E-state index in [1.165, 1.54) is 0 Å². The van der Waals surface area contributed by atoms with Crippen LogP contribution < -0.4 is 16.0 Å². The number of amides is 2. The molecule has 2 amide bonds. The first kappa shape index (κ1) is 15.8. The van der Waals surface area contributed by atoms with Crippen molar-refractivity contribution in [1.82, 2.24) is 10.6 Å². The minimum absolute atomic E-state index is 0.143. The molecule has 1 heterocycles. The summed E-state index contributed by atoms with van der Waals surface area (Å²) in [6.07, 6.45) is 2.05. The second-order valence-corrected chi connectivity index (χ2v) is 5.53. The van der Waals surface area contributed by atoms with E-state index >= 15 is 0 Å². The molecule has 3 N–H and O–H groups in total. The van der Waals surface area contributed by atoms with Gasteiger partial charge in [0.25, 0.3) is 0 Å². The monoisotopic (exact) mass is 291 g/mol. The van der Waals surface area contributed by atoms with E-state index in [-0.39, 0.29) is 12.1 Å². The number of anilines is 1. The van der Waals surface area contributed by atoms with E-state index in [4.69, 9.17) is 4.74 Å². The van der Waals surface area contributed by atoms with Crippen molar-refractivity contribution in [3.8, 4) is 0 Å². The summed E-state index contributed by atoms with van der Waals surface area (Å²) in [5, 5.41) is 9.02. The lowest BCUT2D eigenvalue weighted by molar-refractivity contribution is 0.0671. The molecule has 0 aromatic heterocycles. The smallest absolute Gasteiger partial charge is 0.319 e. The van der Waals surface area contributed by atoms with Crippen LogP contribution in [0.25, 0.3) is 0 Å². The zero-order valence-corrected chi connectivity index (χ0v) is 12.8. The highest BCUT2D eigenvalue weighted by atomic mass is 16.5.